The van der Waals surface area contributed by atoms with Gasteiger partial charge in [-0.3, -0.25) is 0 Å². The van der Waals surface area contributed by atoms with Crippen LogP contribution in [0.3, 0.4) is 0 Å². The van der Waals surface area contributed by atoms with Crippen LogP contribution in [0.25, 0.3) is 0 Å². The van der Waals surface area contributed by atoms with Gasteiger partial charge in [-0.05, 0) is 12.1 Å². The van der Waals surface area contributed by atoms with Crippen LogP contribution in [-0.4, -0.2) is 31.9 Å². The minimum Gasteiger partial charge on any atom is -0.507 e. The van der Waals surface area contributed by atoms with Gasteiger partial charge in [0.25, 0.3) is 0 Å². The highest BCUT2D eigenvalue weighted by Gasteiger charge is 2.17. The van der Waals surface area contributed by atoms with Crippen molar-refractivity contribution < 1.29 is 13.5 Å². The summed E-state index contributed by atoms with van der Waals surface area (Å²) in [5.74, 6) is -0.199. The molecule has 4 nitrogen and oxygen atoms in total. The number of phenols is 1. The van der Waals surface area contributed by atoms with Crippen molar-refractivity contribution in [2.45, 2.75) is 24.8 Å². The van der Waals surface area contributed by atoms with Crippen LogP contribution in [0.4, 0.5) is 0 Å². The van der Waals surface area contributed by atoms with E-state index in [1.807, 2.05) is 13.8 Å². The predicted molar refractivity (Wildman–Crippen MR) is 63.3 cm³/mol. The molecule has 5 heteroatoms. The van der Waals surface area contributed by atoms with Gasteiger partial charge >= 0.3 is 0 Å². The van der Waals surface area contributed by atoms with Crippen molar-refractivity contribution in [3.8, 4) is 5.75 Å². The molecule has 0 saturated heterocycles. The largest absolute Gasteiger partial charge is 0.507 e. The molecule has 1 aromatic carbocycles. The molecule has 2 N–H and O–H groups in total. The van der Waals surface area contributed by atoms with Gasteiger partial charge in [-0.15, -0.1) is 0 Å². The molecular weight excluding hydrogens is 226 g/mol. The fourth-order valence-corrected chi connectivity index (χ4v) is 2.59. The maximum atomic E-state index is 11.8. The van der Waals surface area contributed by atoms with Crippen LogP contribution in [0.1, 0.15) is 13.8 Å². The first kappa shape index (κ1) is 13.0. The van der Waals surface area contributed by atoms with E-state index in [1.165, 1.54) is 12.1 Å². The summed E-state index contributed by atoms with van der Waals surface area (Å²) in [5, 5.41) is 12.5. The molecule has 0 fully saturated rings. The molecule has 0 heterocycles. The number of para-hydroxylation sites is 1. The van der Waals surface area contributed by atoms with E-state index in [0.717, 1.165) is 0 Å². The molecule has 0 unspecified atom stereocenters. The molecule has 1 aromatic rings. The average molecular weight is 243 g/mol. The lowest BCUT2D eigenvalue weighted by atomic mass is 10.3. The average Bonchev–Trinajstić information content (AvgIpc) is 2.17. The lowest BCUT2D eigenvalue weighted by Crippen LogP contribution is -2.28. The summed E-state index contributed by atoms with van der Waals surface area (Å²) in [6.07, 6.45) is 0. The molecule has 90 valence electrons. The van der Waals surface area contributed by atoms with Crippen LogP contribution < -0.4 is 5.32 Å². The van der Waals surface area contributed by atoms with Crippen LogP contribution >= 0.6 is 0 Å². The smallest absolute Gasteiger partial charge is 0.183 e. The molecule has 0 amide bonds. The molecule has 0 aliphatic heterocycles. The van der Waals surface area contributed by atoms with Crippen molar-refractivity contribution in [2.75, 3.05) is 12.3 Å². The van der Waals surface area contributed by atoms with Crippen molar-refractivity contribution in [3.63, 3.8) is 0 Å². The van der Waals surface area contributed by atoms with Crippen LogP contribution in [-0.2, 0) is 9.84 Å². The second-order valence-electron chi connectivity index (χ2n) is 3.90. The topological polar surface area (TPSA) is 66.4 Å². The third-order valence-corrected chi connectivity index (χ3v) is 3.88. The summed E-state index contributed by atoms with van der Waals surface area (Å²) < 4.78 is 23.7. The number of phenolic OH excluding ortho intramolecular Hbond substituents is 1. The number of rotatable bonds is 5. The van der Waals surface area contributed by atoms with Gasteiger partial charge in [0.2, 0.25) is 0 Å². The van der Waals surface area contributed by atoms with Gasteiger partial charge in [-0.2, -0.15) is 0 Å². The summed E-state index contributed by atoms with van der Waals surface area (Å²) in [7, 11) is -3.40. The Bertz CT molecular complexity index is 440. The Balaban J connectivity index is 2.75. The van der Waals surface area contributed by atoms with Crippen LogP contribution in [0.5, 0.6) is 5.75 Å². The fourth-order valence-electron chi connectivity index (χ4n) is 1.31. The van der Waals surface area contributed by atoms with Crippen molar-refractivity contribution in [1.82, 2.24) is 5.32 Å². The SMILES string of the molecule is CC(C)NCCS(=O)(=O)c1ccccc1O. The minimum absolute atomic E-state index is 0.000515. The lowest BCUT2D eigenvalue weighted by Gasteiger charge is -2.09. The van der Waals surface area contributed by atoms with Gasteiger partial charge in [-0.1, -0.05) is 26.0 Å². The van der Waals surface area contributed by atoms with E-state index < -0.39 is 9.84 Å². The maximum Gasteiger partial charge on any atom is 0.183 e. The first-order valence-corrected chi connectivity index (χ1v) is 6.83. The Morgan fingerprint density at radius 1 is 1.31 bits per heavy atom. The molecule has 0 aromatic heterocycles. The van der Waals surface area contributed by atoms with E-state index in [9.17, 15) is 13.5 Å². The quantitative estimate of drug-likeness (QED) is 0.814. The molecular formula is C11H17NO3S. The first-order chi connectivity index (χ1) is 7.43. The van der Waals surface area contributed by atoms with Crippen LogP contribution in [0.2, 0.25) is 0 Å². The third kappa shape index (κ3) is 3.50. The molecule has 0 radical (unpaired) electrons. The van der Waals surface area contributed by atoms with E-state index in [-0.39, 0.29) is 22.4 Å². The number of hydrogen-bond acceptors (Lipinski definition) is 4. The van der Waals surface area contributed by atoms with E-state index in [1.54, 1.807) is 12.1 Å². The molecule has 0 aliphatic carbocycles. The summed E-state index contributed by atoms with van der Waals surface area (Å²) in [6, 6.07) is 6.24. The number of hydrogen-bond donors (Lipinski definition) is 2. The molecule has 0 spiro atoms. The van der Waals surface area contributed by atoms with Crippen molar-refractivity contribution in [1.29, 1.82) is 0 Å². The fraction of sp³-hybridized carbons (Fsp3) is 0.455. The van der Waals surface area contributed by atoms with Gasteiger partial charge < -0.3 is 10.4 Å². The van der Waals surface area contributed by atoms with Gasteiger partial charge in [0.1, 0.15) is 10.6 Å². The molecule has 0 aliphatic rings. The number of nitrogens with one attached hydrogen (secondary N) is 1. The van der Waals surface area contributed by atoms with Crippen LogP contribution in [0, 0.1) is 0 Å². The van der Waals surface area contributed by atoms with Crippen LogP contribution in [0.15, 0.2) is 29.2 Å². The Labute approximate surface area is 96.2 Å². The Kier molecular flexibility index (Phi) is 4.32. The molecule has 0 saturated carbocycles. The zero-order valence-corrected chi connectivity index (χ0v) is 10.3. The summed E-state index contributed by atoms with van der Waals surface area (Å²) in [6.45, 7) is 4.29. The van der Waals surface area contributed by atoms with Crippen molar-refractivity contribution in [3.05, 3.63) is 24.3 Å². The van der Waals surface area contributed by atoms with E-state index in [4.69, 9.17) is 0 Å². The Morgan fingerprint density at radius 2 is 1.94 bits per heavy atom. The maximum absolute atomic E-state index is 11.8. The Morgan fingerprint density at radius 3 is 2.50 bits per heavy atom. The first-order valence-electron chi connectivity index (χ1n) is 5.17. The molecule has 16 heavy (non-hydrogen) atoms. The highest BCUT2D eigenvalue weighted by Crippen LogP contribution is 2.22. The number of aromatic hydroxyl groups is 1. The monoisotopic (exact) mass is 243 g/mol. The Hall–Kier alpha value is -1.07. The highest BCUT2D eigenvalue weighted by atomic mass is 32.2. The standard InChI is InChI=1S/C11H17NO3S/c1-9(2)12-7-8-16(14,15)11-6-4-3-5-10(11)13/h3-6,9,12-13H,7-8H2,1-2H3. The molecule has 0 bridgehead atoms. The molecule has 0 atom stereocenters. The van der Waals surface area contributed by atoms with Crippen molar-refractivity contribution >= 4 is 9.84 Å². The second-order valence-corrected chi connectivity index (χ2v) is 5.97. The highest BCUT2D eigenvalue weighted by molar-refractivity contribution is 7.91. The molecule has 1 rings (SSSR count). The van der Waals surface area contributed by atoms with E-state index >= 15 is 0 Å². The number of benzene rings is 1. The van der Waals surface area contributed by atoms with Crippen molar-refractivity contribution in [2.24, 2.45) is 0 Å². The van der Waals surface area contributed by atoms with Gasteiger partial charge in [0.05, 0.1) is 5.75 Å². The summed E-state index contributed by atoms with van der Waals surface area (Å²) in [5.41, 5.74) is 0. The number of sulfone groups is 1. The summed E-state index contributed by atoms with van der Waals surface area (Å²) >= 11 is 0. The second kappa shape index (κ2) is 5.32. The third-order valence-electron chi connectivity index (χ3n) is 2.12. The zero-order valence-electron chi connectivity index (χ0n) is 9.47. The lowest BCUT2D eigenvalue weighted by molar-refractivity contribution is 0.458. The van der Waals surface area contributed by atoms with Gasteiger partial charge in [0, 0.05) is 12.6 Å². The minimum atomic E-state index is -3.40. The van der Waals surface area contributed by atoms with E-state index in [0.29, 0.717) is 6.54 Å². The summed E-state index contributed by atoms with van der Waals surface area (Å²) in [4.78, 5) is 0.000515. The van der Waals surface area contributed by atoms with Gasteiger partial charge in [-0.25, -0.2) is 8.42 Å². The predicted octanol–water partition coefficient (Wildman–Crippen LogP) is 1.16. The zero-order chi connectivity index (χ0) is 12.2. The van der Waals surface area contributed by atoms with Gasteiger partial charge in [0.15, 0.2) is 9.84 Å². The normalized spacial score (nSPS) is 11.9. The van der Waals surface area contributed by atoms with E-state index in [2.05, 4.69) is 5.32 Å².